The molecule has 6 nitrogen and oxygen atoms in total. The standard InChI is InChI=1S/C21H26ClN3O3S/c1-13-17(10-15(22)11-23-13)24-12-16-7-8-19(29-16)20(26)25-18(21(27)28-2)9-14-5-3-4-6-14/h7-8,10-11,14,18,24H,3-6,9,12H2,1-2H3,(H,25,26)/t18-/m0/s1. The molecule has 1 amide bonds. The lowest BCUT2D eigenvalue weighted by molar-refractivity contribution is -0.143. The van der Waals surface area contributed by atoms with Crippen molar-refractivity contribution in [3.8, 4) is 0 Å². The van der Waals surface area contributed by atoms with E-state index in [1.165, 1.54) is 31.3 Å². The topological polar surface area (TPSA) is 80.3 Å². The van der Waals surface area contributed by atoms with E-state index < -0.39 is 6.04 Å². The van der Waals surface area contributed by atoms with Crippen LogP contribution in [0.1, 0.15) is 52.3 Å². The molecule has 0 unspecified atom stereocenters. The van der Waals surface area contributed by atoms with Crippen molar-refractivity contribution in [3.05, 3.63) is 44.9 Å². The summed E-state index contributed by atoms with van der Waals surface area (Å²) in [6.07, 6.45) is 6.84. The summed E-state index contributed by atoms with van der Waals surface area (Å²) in [7, 11) is 1.36. The number of carbonyl (C=O) groups excluding carboxylic acids is 2. The second kappa shape index (κ2) is 10.1. The van der Waals surface area contributed by atoms with Crippen LogP contribution >= 0.6 is 22.9 Å². The fourth-order valence-corrected chi connectivity index (χ4v) is 4.64. The van der Waals surface area contributed by atoms with Gasteiger partial charge < -0.3 is 15.4 Å². The number of nitrogens with one attached hydrogen (secondary N) is 2. The van der Waals surface area contributed by atoms with Crippen molar-refractivity contribution in [2.75, 3.05) is 12.4 Å². The van der Waals surface area contributed by atoms with Gasteiger partial charge in [-0.05, 0) is 37.5 Å². The summed E-state index contributed by atoms with van der Waals surface area (Å²) in [5, 5.41) is 6.73. The van der Waals surface area contributed by atoms with Crippen LogP contribution in [-0.4, -0.2) is 30.0 Å². The largest absolute Gasteiger partial charge is 0.467 e. The van der Waals surface area contributed by atoms with E-state index in [2.05, 4.69) is 15.6 Å². The number of thiophene rings is 1. The van der Waals surface area contributed by atoms with Crippen LogP contribution in [0.2, 0.25) is 5.02 Å². The van der Waals surface area contributed by atoms with Crippen LogP contribution in [0.3, 0.4) is 0 Å². The fraction of sp³-hybridized carbons (Fsp3) is 0.476. The van der Waals surface area contributed by atoms with Gasteiger partial charge in [0.1, 0.15) is 6.04 Å². The number of amides is 1. The van der Waals surface area contributed by atoms with Gasteiger partial charge in [-0.2, -0.15) is 0 Å². The molecular formula is C21H26ClN3O3S. The Balaban J connectivity index is 1.59. The summed E-state index contributed by atoms with van der Waals surface area (Å²) in [5.74, 6) is -0.153. The molecule has 0 saturated heterocycles. The Morgan fingerprint density at radius 1 is 1.34 bits per heavy atom. The Morgan fingerprint density at radius 3 is 2.83 bits per heavy atom. The maximum Gasteiger partial charge on any atom is 0.328 e. The monoisotopic (exact) mass is 435 g/mol. The zero-order chi connectivity index (χ0) is 20.8. The van der Waals surface area contributed by atoms with E-state index in [0.29, 0.717) is 28.8 Å². The number of anilines is 1. The molecule has 1 saturated carbocycles. The Kier molecular flexibility index (Phi) is 7.50. The molecule has 29 heavy (non-hydrogen) atoms. The highest BCUT2D eigenvalue weighted by Gasteiger charge is 2.28. The van der Waals surface area contributed by atoms with E-state index in [1.807, 2.05) is 19.1 Å². The number of methoxy groups -OCH3 is 1. The number of pyridine rings is 1. The molecule has 0 spiro atoms. The number of rotatable bonds is 8. The van der Waals surface area contributed by atoms with Gasteiger partial charge in [0, 0.05) is 17.6 Å². The summed E-state index contributed by atoms with van der Waals surface area (Å²) < 4.78 is 4.90. The van der Waals surface area contributed by atoms with E-state index in [0.717, 1.165) is 29.1 Å². The average molecular weight is 436 g/mol. The first-order valence-electron chi connectivity index (χ1n) is 9.79. The zero-order valence-electron chi connectivity index (χ0n) is 16.7. The predicted octanol–water partition coefficient (Wildman–Crippen LogP) is 4.57. The molecule has 0 bridgehead atoms. The molecule has 2 heterocycles. The third kappa shape index (κ3) is 5.93. The molecule has 2 N–H and O–H groups in total. The molecule has 156 valence electrons. The fourth-order valence-electron chi connectivity index (χ4n) is 3.63. The van der Waals surface area contributed by atoms with Gasteiger partial charge in [0.05, 0.1) is 28.4 Å². The van der Waals surface area contributed by atoms with Crippen molar-refractivity contribution in [2.45, 2.75) is 51.6 Å². The van der Waals surface area contributed by atoms with Gasteiger partial charge in [-0.15, -0.1) is 11.3 Å². The molecule has 1 aliphatic rings. The Labute approximate surface area is 180 Å². The minimum Gasteiger partial charge on any atom is -0.467 e. The molecule has 1 fully saturated rings. The zero-order valence-corrected chi connectivity index (χ0v) is 18.2. The number of hydrogen-bond donors (Lipinski definition) is 2. The van der Waals surface area contributed by atoms with Gasteiger partial charge in [0.2, 0.25) is 0 Å². The quantitative estimate of drug-likeness (QED) is 0.593. The highest BCUT2D eigenvalue weighted by atomic mass is 35.5. The number of hydrogen-bond acceptors (Lipinski definition) is 6. The summed E-state index contributed by atoms with van der Waals surface area (Å²) in [6, 6.07) is 4.92. The Bertz CT molecular complexity index is 865. The first kappa shape index (κ1) is 21.6. The van der Waals surface area contributed by atoms with Crippen LogP contribution in [0.5, 0.6) is 0 Å². The number of aryl methyl sites for hydroxylation is 1. The average Bonchev–Trinajstić information content (AvgIpc) is 3.39. The van der Waals surface area contributed by atoms with Crippen LogP contribution < -0.4 is 10.6 Å². The summed E-state index contributed by atoms with van der Waals surface area (Å²) in [5.41, 5.74) is 1.72. The number of aromatic nitrogens is 1. The number of ether oxygens (including phenoxy) is 1. The molecule has 2 aromatic rings. The van der Waals surface area contributed by atoms with Crippen molar-refractivity contribution in [3.63, 3.8) is 0 Å². The van der Waals surface area contributed by atoms with Crippen LogP contribution in [0, 0.1) is 12.8 Å². The first-order valence-corrected chi connectivity index (χ1v) is 11.0. The van der Waals surface area contributed by atoms with Crippen molar-refractivity contribution in [1.29, 1.82) is 0 Å². The summed E-state index contributed by atoms with van der Waals surface area (Å²) in [4.78, 5) is 30.6. The maximum absolute atomic E-state index is 12.7. The first-order chi connectivity index (χ1) is 14.0. The lowest BCUT2D eigenvalue weighted by atomic mass is 9.98. The van der Waals surface area contributed by atoms with Crippen molar-refractivity contribution in [2.24, 2.45) is 5.92 Å². The van der Waals surface area contributed by atoms with E-state index in [4.69, 9.17) is 16.3 Å². The van der Waals surface area contributed by atoms with E-state index in [-0.39, 0.29) is 11.9 Å². The highest BCUT2D eigenvalue weighted by Crippen LogP contribution is 2.29. The number of halogens is 1. The predicted molar refractivity (Wildman–Crippen MR) is 115 cm³/mol. The molecule has 0 aromatic carbocycles. The third-order valence-electron chi connectivity index (χ3n) is 5.23. The van der Waals surface area contributed by atoms with Crippen LogP contribution in [0.15, 0.2) is 24.4 Å². The van der Waals surface area contributed by atoms with E-state index >= 15 is 0 Å². The highest BCUT2D eigenvalue weighted by molar-refractivity contribution is 7.14. The number of nitrogens with zero attached hydrogens (tertiary/aromatic N) is 1. The Morgan fingerprint density at radius 2 is 2.10 bits per heavy atom. The van der Waals surface area contributed by atoms with Gasteiger partial charge >= 0.3 is 5.97 Å². The van der Waals surface area contributed by atoms with Crippen molar-refractivity contribution >= 4 is 40.5 Å². The van der Waals surface area contributed by atoms with Crippen LogP contribution in [0.25, 0.3) is 0 Å². The molecule has 1 aliphatic carbocycles. The van der Waals surface area contributed by atoms with Crippen molar-refractivity contribution < 1.29 is 14.3 Å². The van der Waals surface area contributed by atoms with Crippen molar-refractivity contribution in [1.82, 2.24) is 10.3 Å². The molecule has 0 radical (unpaired) electrons. The lowest BCUT2D eigenvalue weighted by Crippen LogP contribution is -2.42. The van der Waals surface area contributed by atoms with Gasteiger partial charge in [-0.1, -0.05) is 37.3 Å². The van der Waals surface area contributed by atoms with Gasteiger partial charge in [-0.3, -0.25) is 9.78 Å². The second-order valence-corrected chi connectivity index (χ2v) is 8.95. The minimum absolute atomic E-state index is 0.241. The molecular weight excluding hydrogens is 410 g/mol. The SMILES string of the molecule is COC(=O)[C@H](CC1CCCC1)NC(=O)c1ccc(CNc2cc(Cl)cnc2C)s1. The van der Waals surface area contributed by atoms with Gasteiger partial charge in [-0.25, -0.2) is 4.79 Å². The lowest BCUT2D eigenvalue weighted by Gasteiger charge is -2.19. The molecule has 0 aliphatic heterocycles. The Hall–Kier alpha value is -2.12. The smallest absolute Gasteiger partial charge is 0.328 e. The van der Waals surface area contributed by atoms with Crippen LogP contribution in [0.4, 0.5) is 5.69 Å². The third-order valence-corrected chi connectivity index (χ3v) is 6.52. The number of carbonyl (C=O) groups is 2. The maximum atomic E-state index is 12.7. The normalized spacial score (nSPS) is 15.1. The van der Waals surface area contributed by atoms with E-state index in [9.17, 15) is 9.59 Å². The summed E-state index contributed by atoms with van der Waals surface area (Å²) in [6.45, 7) is 2.46. The molecule has 3 rings (SSSR count). The van der Waals surface area contributed by atoms with E-state index in [1.54, 1.807) is 12.3 Å². The number of esters is 1. The minimum atomic E-state index is -0.598. The van der Waals surface area contributed by atoms with Gasteiger partial charge in [0.15, 0.2) is 0 Å². The molecule has 8 heteroatoms. The molecule has 2 aromatic heterocycles. The second-order valence-electron chi connectivity index (χ2n) is 7.34. The summed E-state index contributed by atoms with van der Waals surface area (Å²) >= 11 is 7.39. The molecule has 1 atom stereocenters. The van der Waals surface area contributed by atoms with Crippen LogP contribution in [-0.2, 0) is 16.1 Å². The van der Waals surface area contributed by atoms with Gasteiger partial charge in [0.25, 0.3) is 5.91 Å².